The Bertz CT molecular complexity index is 864. The minimum absolute atomic E-state index is 0.0362. The number of amides is 1. The average Bonchev–Trinajstić information content (AvgIpc) is 2.60. The highest BCUT2D eigenvalue weighted by Crippen LogP contribution is 2.30. The molecule has 0 radical (unpaired) electrons. The van der Waals surface area contributed by atoms with Crippen LogP contribution in [0, 0.1) is 6.92 Å². The third kappa shape index (κ3) is 4.96. The summed E-state index contributed by atoms with van der Waals surface area (Å²) < 4.78 is 44.0. The van der Waals surface area contributed by atoms with Crippen molar-refractivity contribution in [3.8, 4) is 5.88 Å². The third-order valence-electron chi connectivity index (χ3n) is 3.55. The molecule has 0 unspecified atom stereocenters. The molecule has 2 aromatic rings. The van der Waals surface area contributed by atoms with Gasteiger partial charge in [-0.1, -0.05) is 24.3 Å². The van der Waals surface area contributed by atoms with E-state index in [1.54, 1.807) is 24.3 Å². The Labute approximate surface area is 153 Å². The van der Waals surface area contributed by atoms with E-state index < -0.39 is 17.8 Å². The molecule has 144 valence electrons. The molecule has 0 aliphatic carbocycles. The lowest BCUT2D eigenvalue weighted by atomic mass is 10.00. The molecule has 6 nitrogen and oxygen atoms in total. The van der Waals surface area contributed by atoms with Gasteiger partial charge in [0, 0.05) is 20.2 Å². The van der Waals surface area contributed by atoms with Gasteiger partial charge in [0.1, 0.15) is 12.4 Å². The van der Waals surface area contributed by atoms with Crippen LogP contribution in [0.25, 0.3) is 5.57 Å². The number of benzene rings is 1. The Hall–Kier alpha value is -3.10. The Balaban J connectivity index is 2.30. The minimum Gasteiger partial charge on any atom is -0.515 e. The zero-order valence-corrected chi connectivity index (χ0v) is 14.9. The Morgan fingerprint density at radius 1 is 1.26 bits per heavy atom. The number of likely N-dealkylation sites (N-methyl/N-ethyl adjacent to an activating group) is 1. The molecule has 0 aliphatic heterocycles. The Morgan fingerprint density at radius 2 is 1.93 bits per heavy atom. The first-order chi connectivity index (χ1) is 12.6. The van der Waals surface area contributed by atoms with Crippen molar-refractivity contribution < 1.29 is 27.8 Å². The second kappa shape index (κ2) is 8.07. The summed E-state index contributed by atoms with van der Waals surface area (Å²) in [5, 5.41) is 9.47. The summed E-state index contributed by atoms with van der Waals surface area (Å²) in [6.45, 7) is 1.18. The predicted octanol–water partition coefficient (Wildman–Crippen LogP) is 3.37. The molecule has 0 spiro atoms. The van der Waals surface area contributed by atoms with E-state index in [2.05, 4.69) is 9.97 Å². The molecule has 0 bridgehead atoms. The smallest absolute Gasteiger partial charge is 0.433 e. The number of hydrogen-bond donors (Lipinski definition) is 1. The van der Waals surface area contributed by atoms with Gasteiger partial charge in [0.25, 0.3) is 5.91 Å². The van der Waals surface area contributed by atoms with Gasteiger partial charge < -0.3 is 14.7 Å². The van der Waals surface area contributed by atoms with Gasteiger partial charge in [-0.15, -0.1) is 0 Å². The van der Waals surface area contributed by atoms with Crippen LogP contribution in [0.5, 0.6) is 5.88 Å². The zero-order chi connectivity index (χ0) is 20.2. The van der Waals surface area contributed by atoms with Crippen LogP contribution in [0.1, 0.15) is 22.6 Å². The number of hydrogen-bond acceptors (Lipinski definition) is 5. The highest BCUT2D eigenvalue weighted by Gasteiger charge is 2.33. The lowest BCUT2D eigenvalue weighted by Gasteiger charge is -2.16. The van der Waals surface area contributed by atoms with Gasteiger partial charge in [-0.3, -0.25) is 4.79 Å². The van der Waals surface area contributed by atoms with Crippen LogP contribution < -0.4 is 4.74 Å². The molecule has 0 fully saturated rings. The number of alkyl halides is 3. The molecule has 2 rings (SSSR count). The van der Waals surface area contributed by atoms with Crippen LogP contribution in [0.15, 0.2) is 36.6 Å². The standard InChI is InChI=1S/C18H18F3N3O3/c1-11-22-15(18(19,20)21)8-16(23-11)27-10-12-6-4-5-7-13(12)14(9-25)17(26)24(2)3/h4-9,25H,10H2,1-3H3. The average molecular weight is 381 g/mol. The molecule has 0 atom stereocenters. The van der Waals surface area contributed by atoms with Gasteiger partial charge in [0.05, 0.1) is 11.8 Å². The Morgan fingerprint density at radius 3 is 2.52 bits per heavy atom. The highest BCUT2D eigenvalue weighted by atomic mass is 19.4. The molecule has 1 aromatic heterocycles. The van der Waals surface area contributed by atoms with Gasteiger partial charge in [-0.25, -0.2) is 4.98 Å². The molecule has 0 saturated carbocycles. The van der Waals surface area contributed by atoms with E-state index in [-0.39, 0.29) is 23.9 Å². The Kier molecular flexibility index (Phi) is 6.04. The second-order valence-corrected chi connectivity index (χ2v) is 5.82. The molecule has 27 heavy (non-hydrogen) atoms. The first-order valence-corrected chi connectivity index (χ1v) is 7.83. The van der Waals surface area contributed by atoms with Crippen LogP contribution in [0.3, 0.4) is 0 Å². The molecule has 9 heteroatoms. The van der Waals surface area contributed by atoms with Gasteiger partial charge in [-0.05, 0) is 18.1 Å². The second-order valence-electron chi connectivity index (χ2n) is 5.82. The zero-order valence-electron chi connectivity index (χ0n) is 14.9. The third-order valence-corrected chi connectivity index (χ3v) is 3.55. The number of aryl methyl sites for hydroxylation is 1. The SMILES string of the molecule is Cc1nc(OCc2ccccc2C(=CO)C(=O)N(C)C)cc(C(F)(F)F)n1. The van der Waals surface area contributed by atoms with E-state index in [1.165, 1.54) is 25.9 Å². The molecule has 1 amide bonds. The molecule has 1 N–H and O–H groups in total. The molecular formula is C18H18F3N3O3. The lowest BCUT2D eigenvalue weighted by molar-refractivity contribution is -0.141. The van der Waals surface area contributed by atoms with Crippen LogP contribution in [0.2, 0.25) is 0 Å². The first kappa shape index (κ1) is 20.2. The number of ether oxygens (including phenoxy) is 1. The monoisotopic (exact) mass is 381 g/mol. The van der Waals surface area contributed by atoms with Gasteiger partial charge in [0.2, 0.25) is 5.88 Å². The van der Waals surface area contributed by atoms with Gasteiger partial charge in [0.15, 0.2) is 5.69 Å². The van der Waals surface area contributed by atoms with Gasteiger partial charge in [-0.2, -0.15) is 18.2 Å². The van der Waals surface area contributed by atoms with E-state index in [4.69, 9.17) is 4.74 Å². The van der Waals surface area contributed by atoms with E-state index in [0.717, 1.165) is 0 Å². The molecule has 1 heterocycles. The van der Waals surface area contributed by atoms with E-state index in [1.807, 2.05) is 0 Å². The van der Waals surface area contributed by atoms with E-state index in [9.17, 15) is 23.1 Å². The maximum Gasteiger partial charge on any atom is 0.433 e. The van der Waals surface area contributed by atoms with Crippen LogP contribution in [-0.2, 0) is 17.6 Å². The maximum atomic E-state index is 12.9. The maximum absolute atomic E-state index is 12.9. The normalized spacial score (nSPS) is 12.0. The summed E-state index contributed by atoms with van der Waals surface area (Å²) in [5.74, 6) is -0.743. The summed E-state index contributed by atoms with van der Waals surface area (Å²) >= 11 is 0. The molecule has 0 saturated heterocycles. The number of aromatic nitrogens is 2. The largest absolute Gasteiger partial charge is 0.515 e. The summed E-state index contributed by atoms with van der Waals surface area (Å²) in [4.78, 5) is 20.7. The number of aliphatic hydroxyl groups excluding tert-OH is 1. The quantitative estimate of drug-likeness (QED) is 0.635. The van der Waals surface area contributed by atoms with Crippen molar-refractivity contribution in [3.05, 3.63) is 59.2 Å². The molecule has 0 aliphatic rings. The van der Waals surface area contributed by atoms with Crippen molar-refractivity contribution in [2.24, 2.45) is 0 Å². The summed E-state index contributed by atoms with van der Waals surface area (Å²) in [7, 11) is 3.07. The number of rotatable bonds is 5. The summed E-state index contributed by atoms with van der Waals surface area (Å²) in [5.41, 5.74) is -0.163. The topological polar surface area (TPSA) is 75.6 Å². The fourth-order valence-electron chi connectivity index (χ4n) is 2.30. The van der Waals surface area contributed by atoms with Crippen molar-refractivity contribution in [2.45, 2.75) is 19.7 Å². The number of carbonyl (C=O) groups excluding carboxylic acids is 1. The van der Waals surface area contributed by atoms with Crippen LogP contribution in [-0.4, -0.2) is 40.0 Å². The van der Waals surface area contributed by atoms with E-state index in [0.29, 0.717) is 23.5 Å². The van der Waals surface area contributed by atoms with Crippen molar-refractivity contribution in [2.75, 3.05) is 14.1 Å². The predicted molar refractivity (Wildman–Crippen MR) is 91.8 cm³/mol. The van der Waals surface area contributed by atoms with Crippen LogP contribution in [0.4, 0.5) is 13.2 Å². The number of nitrogens with zero attached hydrogens (tertiary/aromatic N) is 3. The van der Waals surface area contributed by atoms with Crippen molar-refractivity contribution in [1.82, 2.24) is 14.9 Å². The van der Waals surface area contributed by atoms with Crippen molar-refractivity contribution >= 4 is 11.5 Å². The van der Waals surface area contributed by atoms with Crippen molar-refractivity contribution in [3.63, 3.8) is 0 Å². The van der Waals surface area contributed by atoms with E-state index >= 15 is 0 Å². The number of aliphatic hydroxyl groups is 1. The number of carbonyl (C=O) groups is 1. The molecule has 1 aromatic carbocycles. The lowest BCUT2D eigenvalue weighted by Crippen LogP contribution is -2.23. The van der Waals surface area contributed by atoms with Crippen molar-refractivity contribution in [1.29, 1.82) is 0 Å². The fourth-order valence-corrected chi connectivity index (χ4v) is 2.30. The van der Waals surface area contributed by atoms with Crippen LogP contribution >= 0.6 is 0 Å². The summed E-state index contributed by atoms with van der Waals surface area (Å²) in [6, 6.07) is 7.31. The first-order valence-electron chi connectivity index (χ1n) is 7.83. The van der Waals surface area contributed by atoms with Gasteiger partial charge >= 0.3 is 6.18 Å². The number of halogens is 3. The summed E-state index contributed by atoms with van der Waals surface area (Å²) in [6.07, 6.45) is -3.92. The fraction of sp³-hybridized carbons (Fsp3) is 0.278. The molecular weight excluding hydrogens is 363 g/mol. The minimum atomic E-state index is -4.62. The highest BCUT2D eigenvalue weighted by molar-refractivity contribution is 6.19.